The predicted molar refractivity (Wildman–Crippen MR) is 72.5 cm³/mol. The van der Waals surface area contributed by atoms with E-state index in [1.54, 1.807) is 6.20 Å². The number of allylic oxidation sites excluding steroid dienone is 1. The van der Waals surface area contributed by atoms with Crippen molar-refractivity contribution in [1.82, 2.24) is 15.1 Å². The molecule has 0 aromatic carbocycles. The molecular weight excluding hydrogens is 318 g/mol. The summed E-state index contributed by atoms with van der Waals surface area (Å²) in [7, 11) is 0. The quantitative estimate of drug-likeness (QED) is 0.754. The number of halogens is 3. The second kappa shape index (κ2) is 6.27. The third-order valence-corrected chi connectivity index (χ3v) is 3.60. The Hall–Kier alpha value is -1.24. The van der Waals surface area contributed by atoms with Crippen LogP contribution in [-0.2, 0) is 6.42 Å². The van der Waals surface area contributed by atoms with Gasteiger partial charge in [-0.2, -0.15) is 13.9 Å². The first kappa shape index (κ1) is 14.2. The van der Waals surface area contributed by atoms with Crippen LogP contribution >= 0.6 is 15.9 Å². The molecule has 7 heteroatoms. The van der Waals surface area contributed by atoms with E-state index >= 15 is 0 Å². The van der Waals surface area contributed by atoms with Gasteiger partial charge in [0.25, 0.3) is 0 Å². The lowest BCUT2D eigenvalue weighted by Gasteiger charge is -2.02. The van der Waals surface area contributed by atoms with Crippen molar-refractivity contribution in [3.05, 3.63) is 28.1 Å². The molecular formula is C12H15BrF2N4. The zero-order valence-corrected chi connectivity index (χ0v) is 11.8. The summed E-state index contributed by atoms with van der Waals surface area (Å²) in [5.41, 5.74) is 1.37. The lowest BCUT2D eigenvalue weighted by Crippen LogP contribution is -2.10. The van der Waals surface area contributed by atoms with Crippen molar-refractivity contribution in [1.29, 1.82) is 5.41 Å². The van der Waals surface area contributed by atoms with E-state index < -0.39 is 6.55 Å². The van der Waals surface area contributed by atoms with Gasteiger partial charge in [0.1, 0.15) is 4.60 Å². The lowest BCUT2D eigenvalue weighted by molar-refractivity contribution is 0.0562. The zero-order chi connectivity index (χ0) is 13.8. The maximum atomic E-state index is 12.5. The maximum absolute atomic E-state index is 12.5. The Balaban J connectivity index is 1.98. The molecule has 1 heterocycles. The van der Waals surface area contributed by atoms with E-state index in [4.69, 9.17) is 5.41 Å². The number of hydrogen-bond donors (Lipinski definition) is 2. The third kappa shape index (κ3) is 4.12. The highest BCUT2D eigenvalue weighted by Gasteiger charge is 2.20. The van der Waals surface area contributed by atoms with E-state index in [1.807, 2.05) is 0 Å². The Morgan fingerprint density at radius 2 is 2.37 bits per heavy atom. The fourth-order valence-corrected chi connectivity index (χ4v) is 2.09. The molecule has 0 bridgehead atoms. The van der Waals surface area contributed by atoms with Gasteiger partial charge in [-0.3, -0.25) is 0 Å². The smallest absolute Gasteiger partial charge is 0.333 e. The van der Waals surface area contributed by atoms with E-state index in [0.717, 1.165) is 18.0 Å². The highest BCUT2D eigenvalue weighted by molar-refractivity contribution is 9.10. The number of nitrogens with zero attached hydrogens (tertiary/aromatic N) is 2. The van der Waals surface area contributed by atoms with E-state index in [-0.39, 0.29) is 0 Å². The van der Waals surface area contributed by atoms with Crippen molar-refractivity contribution in [3.63, 3.8) is 0 Å². The van der Waals surface area contributed by atoms with Crippen LogP contribution in [0.2, 0.25) is 0 Å². The summed E-state index contributed by atoms with van der Waals surface area (Å²) in [5, 5.41) is 14.2. The predicted octanol–water partition coefficient (Wildman–Crippen LogP) is 3.12. The van der Waals surface area contributed by atoms with Crippen molar-refractivity contribution in [2.24, 2.45) is 5.92 Å². The van der Waals surface area contributed by atoms with E-state index in [9.17, 15) is 8.78 Å². The van der Waals surface area contributed by atoms with Crippen molar-refractivity contribution in [3.8, 4) is 0 Å². The largest absolute Gasteiger partial charge is 0.390 e. The number of alkyl halides is 2. The molecule has 0 aliphatic heterocycles. The molecule has 0 amide bonds. The Bertz CT molecular complexity index is 480. The van der Waals surface area contributed by atoms with Crippen LogP contribution in [0.15, 0.2) is 22.6 Å². The summed E-state index contributed by atoms with van der Waals surface area (Å²) in [4.78, 5) is 0. The van der Waals surface area contributed by atoms with Gasteiger partial charge in [-0.1, -0.05) is 0 Å². The summed E-state index contributed by atoms with van der Waals surface area (Å²) >= 11 is 3.16. The normalized spacial score (nSPS) is 15.9. The summed E-state index contributed by atoms with van der Waals surface area (Å²) in [6, 6.07) is 0. The Morgan fingerprint density at radius 1 is 1.63 bits per heavy atom. The highest BCUT2D eigenvalue weighted by Crippen LogP contribution is 2.27. The van der Waals surface area contributed by atoms with Gasteiger partial charge < -0.3 is 10.7 Å². The molecule has 2 N–H and O–H groups in total. The molecule has 4 nitrogen and oxygen atoms in total. The van der Waals surface area contributed by atoms with Gasteiger partial charge in [-0.05, 0) is 40.3 Å². The fourth-order valence-electron chi connectivity index (χ4n) is 1.67. The molecule has 0 saturated heterocycles. The number of rotatable bonds is 7. The second-order valence-corrected chi connectivity index (χ2v) is 5.35. The number of nitrogens with one attached hydrogen (secondary N) is 2. The van der Waals surface area contributed by atoms with Crippen LogP contribution in [0.25, 0.3) is 0 Å². The maximum Gasteiger partial charge on any atom is 0.333 e. The van der Waals surface area contributed by atoms with Crippen molar-refractivity contribution < 1.29 is 8.78 Å². The van der Waals surface area contributed by atoms with Crippen molar-refractivity contribution in [2.75, 3.05) is 6.54 Å². The van der Waals surface area contributed by atoms with Crippen LogP contribution in [0, 0.1) is 11.3 Å². The number of aromatic nitrogens is 2. The first-order valence-electron chi connectivity index (χ1n) is 6.04. The molecule has 1 aromatic rings. The van der Waals surface area contributed by atoms with Crippen LogP contribution in [0.5, 0.6) is 0 Å². The average Bonchev–Trinajstić information content (AvgIpc) is 3.12. The van der Waals surface area contributed by atoms with Crippen LogP contribution < -0.4 is 5.32 Å². The Labute approximate surface area is 118 Å². The van der Waals surface area contributed by atoms with E-state index in [1.165, 1.54) is 25.3 Å². The first-order chi connectivity index (χ1) is 9.10. The number of hydrogen-bond acceptors (Lipinski definition) is 3. The first-order valence-corrected chi connectivity index (χ1v) is 6.84. The average molecular weight is 333 g/mol. The Kier molecular flexibility index (Phi) is 4.68. The molecule has 1 aliphatic carbocycles. The summed E-state index contributed by atoms with van der Waals surface area (Å²) in [6.07, 6.45) is 7.21. The van der Waals surface area contributed by atoms with E-state index in [0.29, 0.717) is 21.3 Å². The molecule has 0 radical (unpaired) electrons. The molecule has 0 atom stereocenters. The zero-order valence-electron chi connectivity index (χ0n) is 10.2. The fraction of sp³-hybridized carbons (Fsp3) is 0.500. The molecule has 19 heavy (non-hydrogen) atoms. The summed E-state index contributed by atoms with van der Waals surface area (Å²) in [5.74, 6) is 0.747. The topological polar surface area (TPSA) is 53.7 Å². The van der Waals surface area contributed by atoms with Gasteiger partial charge >= 0.3 is 6.55 Å². The highest BCUT2D eigenvalue weighted by atomic mass is 79.9. The van der Waals surface area contributed by atoms with Crippen LogP contribution in [0.4, 0.5) is 8.78 Å². The van der Waals surface area contributed by atoms with Gasteiger partial charge in [0.2, 0.25) is 0 Å². The summed E-state index contributed by atoms with van der Waals surface area (Å²) in [6.45, 7) is -1.74. The molecule has 2 rings (SSSR count). The molecule has 1 aliphatic rings. The van der Waals surface area contributed by atoms with Crippen molar-refractivity contribution in [2.45, 2.75) is 25.8 Å². The van der Waals surface area contributed by atoms with Gasteiger partial charge in [0, 0.05) is 37.1 Å². The van der Waals surface area contributed by atoms with Gasteiger partial charge in [-0.15, -0.1) is 0 Å². The lowest BCUT2D eigenvalue weighted by atomic mass is 10.1. The van der Waals surface area contributed by atoms with Crippen LogP contribution in [-0.4, -0.2) is 22.5 Å². The van der Waals surface area contributed by atoms with Crippen LogP contribution in [0.3, 0.4) is 0 Å². The Morgan fingerprint density at radius 3 is 2.89 bits per heavy atom. The molecule has 1 aromatic heterocycles. The molecule has 104 valence electrons. The molecule has 1 fully saturated rings. The monoisotopic (exact) mass is 332 g/mol. The SMILES string of the molecule is N=C/C(=C\NCC1CC1)Cc1cn(C(F)F)nc1Br. The minimum Gasteiger partial charge on any atom is -0.390 e. The van der Waals surface area contributed by atoms with Crippen molar-refractivity contribution >= 4 is 22.1 Å². The molecule has 0 unspecified atom stereocenters. The van der Waals surface area contributed by atoms with Gasteiger partial charge in [-0.25, -0.2) is 4.68 Å². The van der Waals surface area contributed by atoms with Gasteiger partial charge in [0.05, 0.1) is 0 Å². The molecule has 0 spiro atoms. The van der Waals surface area contributed by atoms with E-state index in [2.05, 4.69) is 26.3 Å². The standard InChI is InChI=1S/C12H15BrF2N4/c13-11-10(7-19(18-11)12(14)15)3-9(4-16)6-17-5-8-1-2-8/h4,6-8,12,16-17H,1-3,5H2/b9-6-,16-4?. The second-order valence-electron chi connectivity index (χ2n) is 4.59. The minimum atomic E-state index is -2.65. The third-order valence-electron chi connectivity index (χ3n) is 2.93. The van der Waals surface area contributed by atoms with Crippen LogP contribution in [0.1, 0.15) is 25.0 Å². The summed E-state index contributed by atoms with van der Waals surface area (Å²) < 4.78 is 26.0. The molecule has 1 saturated carbocycles. The minimum absolute atomic E-state index is 0.391. The van der Waals surface area contributed by atoms with Gasteiger partial charge in [0.15, 0.2) is 0 Å².